The number of hydrogen-bond acceptors (Lipinski definition) is 4. The molecule has 2 fully saturated rings. The highest BCUT2D eigenvalue weighted by Gasteiger charge is 2.42. The zero-order valence-electron chi connectivity index (χ0n) is 15.9. The maximum absolute atomic E-state index is 11.9. The second-order valence-corrected chi connectivity index (χ2v) is 7.91. The molecule has 1 spiro atoms. The number of nitrogens with zero attached hydrogens (tertiary/aromatic N) is 1. The summed E-state index contributed by atoms with van der Waals surface area (Å²) in [6, 6.07) is 8.20. The van der Waals surface area contributed by atoms with Gasteiger partial charge >= 0.3 is 5.63 Å². The Labute approximate surface area is 173 Å². The molecule has 150 valence electrons. The van der Waals surface area contributed by atoms with Crippen LogP contribution in [0.3, 0.4) is 0 Å². The van der Waals surface area contributed by atoms with E-state index >= 15 is 0 Å². The van der Waals surface area contributed by atoms with Crippen molar-refractivity contribution < 1.29 is 4.42 Å². The van der Waals surface area contributed by atoms with Crippen LogP contribution in [-0.2, 0) is 13.0 Å². The van der Waals surface area contributed by atoms with E-state index in [1.165, 1.54) is 37.7 Å². The number of halogens is 2. The molecule has 1 aromatic carbocycles. The van der Waals surface area contributed by atoms with E-state index in [1.807, 2.05) is 12.1 Å². The first-order valence-corrected chi connectivity index (χ1v) is 9.63. The summed E-state index contributed by atoms with van der Waals surface area (Å²) in [6.07, 6.45) is 7.12. The van der Waals surface area contributed by atoms with E-state index in [1.54, 1.807) is 6.07 Å². The first kappa shape index (κ1) is 22.2. The molecule has 1 unspecified atom stereocenters. The summed E-state index contributed by atoms with van der Waals surface area (Å²) in [5, 5.41) is 1.08. The van der Waals surface area contributed by atoms with Gasteiger partial charge in [0, 0.05) is 24.0 Å². The van der Waals surface area contributed by atoms with Gasteiger partial charge in [0.25, 0.3) is 0 Å². The molecule has 27 heavy (non-hydrogen) atoms. The number of fused-ring (bicyclic) bond motifs is 1. The lowest BCUT2D eigenvalue weighted by atomic mass is 9.74. The predicted molar refractivity (Wildman–Crippen MR) is 115 cm³/mol. The zero-order chi connectivity index (χ0) is 17.4. The van der Waals surface area contributed by atoms with Crippen LogP contribution in [0.4, 0.5) is 0 Å². The Kier molecular flexibility index (Phi) is 7.37. The van der Waals surface area contributed by atoms with Crippen LogP contribution in [-0.4, -0.2) is 24.0 Å². The summed E-state index contributed by atoms with van der Waals surface area (Å²) < 4.78 is 5.39. The maximum Gasteiger partial charge on any atom is 0.336 e. The number of aryl methyl sites for hydroxylation is 1. The van der Waals surface area contributed by atoms with Gasteiger partial charge in [-0.1, -0.05) is 19.4 Å². The van der Waals surface area contributed by atoms with E-state index < -0.39 is 0 Å². The molecule has 2 heterocycles. The summed E-state index contributed by atoms with van der Waals surface area (Å²) in [4.78, 5) is 14.4. The predicted octanol–water partition coefficient (Wildman–Crippen LogP) is 4.29. The molecule has 0 amide bonds. The molecule has 0 bridgehead atoms. The summed E-state index contributed by atoms with van der Waals surface area (Å²) >= 11 is 0. The Bertz CT molecular complexity index is 829. The van der Waals surface area contributed by atoms with Crippen LogP contribution >= 0.6 is 24.8 Å². The average Bonchev–Trinajstić information content (AvgIpc) is 2.97. The molecular formula is C21H30Cl2N2O2. The van der Waals surface area contributed by atoms with Gasteiger partial charge in [-0.3, -0.25) is 4.90 Å². The lowest BCUT2D eigenvalue weighted by Crippen LogP contribution is -2.46. The van der Waals surface area contributed by atoms with E-state index in [9.17, 15) is 4.79 Å². The second kappa shape index (κ2) is 8.95. The van der Waals surface area contributed by atoms with Gasteiger partial charge in [0.2, 0.25) is 0 Å². The smallest absolute Gasteiger partial charge is 0.336 e. The molecule has 2 aliphatic rings. The minimum absolute atomic E-state index is 0. The Hall–Kier alpha value is -1.07. The van der Waals surface area contributed by atoms with Gasteiger partial charge in [0.15, 0.2) is 0 Å². The van der Waals surface area contributed by atoms with E-state index in [0.717, 1.165) is 37.0 Å². The van der Waals surface area contributed by atoms with Crippen LogP contribution in [0.5, 0.6) is 0 Å². The molecule has 4 rings (SSSR count). The third-order valence-corrected chi connectivity index (χ3v) is 6.52. The molecule has 1 aliphatic carbocycles. The van der Waals surface area contributed by atoms with Crippen molar-refractivity contribution >= 4 is 35.8 Å². The fourth-order valence-corrected chi connectivity index (χ4v) is 4.81. The highest BCUT2D eigenvalue weighted by atomic mass is 35.5. The molecule has 1 saturated carbocycles. The summed E-state index contributed by atoms with van der Waals surface area (Å²) in [5.41, 5.74) is 9.59. The normalized spacial score (nSPS) is 21.8. The summed E-state index contributed by atoms with van der Waals surface area (Å²) in [7, 11) is 0. The van der Waals surface area contributed by atoms with Crippen molar-refractivity contribution in [1.29, 1.82) is 0 Å². The third kappa shape index (κ3) is 4.34. The zero-order valence-corrected chi connectivity index (χ0v) is 17.5. The Morgan fingerprint density at radius 2 is 1.93 bits per heavy atom. The fourth-order valence-electron chi connectivity index (χ4n) is 4.81. The number of hydrogen-bond donors (Lipinski definition) is 1. The lowest BCUT2D eigenvalue weighted by molar-refractivity contribution is 0.0907. The van der Waals surface area contributed by atoms with Crippen LogP contribution in [0.2, 0.25) is 0 Å². The maximum atomic E-state index is 11.9. The molecule has 4 nitrogen and oxygen atoms in total. The van der Waals surface area contributed by atoms with E-state index in [-0.39, 0.29) is 30.4 Å². The van der Waals surface area contributed by atoms with Crippen molar-refractivity contribution in [1.82, 2.24) is 4.90 Å². The van der Waals surface area contributed by atoms with Gasteiger partial charge in [0.1, 0.15) is 5.58 Å². The lowest BCUT2D eigenvalue weighted by Gasteiger charge is -2.42. The first-order valence-electron chi connectivity index (χ1n) is 9.63. The van der Waals surface area contributed by atoms with Crippen LogP contribution in [0, 0.1) is 5.41 Å². The highest BCUT2D eigenvalue weighted by Crippen LogP contribution is 2.45. The Balaban J connectivity index is 0.00000131. The molecule has 6 heteroatoms. The van der Waals surface area contributed by atoms with Gasteiger partial charge in [-0.15, -0.1) is 24.8 Å². The van der Waals surface area contributed by atoms with Crippen molar-refractivity contribution in [2.75, 3.05) is 13.1 Å². The van der Waals surface area contributed by atoms with Gasteiger partial charge < -0.3 is 10.2 Å². The van der Waals surface area contributed by atoms with Crippen molar-refractivity contribution in [3.63, 3.8) is 0 Å². The number of likely N-dealkylation sites (tertiary alicyclic amines) is 1. The van der Waals surface area contributed by atoms with Crippen LogP contribution in [0.15, 0.2) is 33.5 Å². The Morgan fingerprint density at radius 3 is 2.56 bits per heavy atom. The molecule has 0 radical (unpaired) electrons. The van der Waals surface area contributed by atoms with E-state index in [0.29, 0.717) is 17.0 Å². The summed E-state index contributed by atoms with van der Waals surface area (Å²) in [5.74, 6) is 0. The van der Waals surface area contributed by atoms with Crippen LogP contribution in [0.1, 0.15) is 50.2 Å². The molecule has 2 aromatic rings. The van der Waals surface area contributed by atoms with E-state index in [2.05, 4.69) is 17.9 Å². The highest BCUT2D eigenvalue weighted by molar-refractivity contribution is 5.85. The first-order chi connectivity index (χ1) is 12.1. The Morgan fingerprint density at radius 1 is 1.19 bits per heavy atom. The molecule has 1 aliphatic heterocycles. The fraction of sp³-hybridized carbons (Fsp3) is 0.571. The largest absolute Gasteiger partial charge is 0.423 e. The molecular weight excluding hydrogens is 383 g/mol. The van der Waals surface area contributed by atoms with Gasteiger partial charge in [-0.2, -0.15) is 0 Å². The van der Waals surface area contributed by atoms with Gasteiger partial charge in [-0.05, 0) is 73.9 Å². The second-order valence-electron chi connectivity index (χ2n) is 7.91. The minimum atomic E-state index is -0.252. The minimum Gasteiger partial charge on any atom is -0.423 e. The van der Waals surface area contributed by atoms with Gasteiger partial charge in [0.05, 0.1) is 0 Å². The van der Waals surface area contributed by atoms with Crippen molar-refractivity contribution in [2.24, 2.45) is 11.1 Å². The SMILES string of the molecule is CCc1ccc2oc(=O)cc(CN3CCC4(CCCC4N)CC3)c2c1.Cl.Cl. The molecule has 1 saturated heterocycles. The number of rotatable bonds is 3. The topological polar surface area (TPSA) is 59.5 Å². The third-order valence-electron chi connectivity index (χ3n) is 6.52. The molecule has 1 atom stereocenters. The van der Waals surface area contributed by atoms with Crippen molar-refractivity contribution in [3.8, 4) is 0 Å². The molecule has 1 aromatic heterocycles. The van der Waals surface area contributed by atoms with Crippen LogP contribution < -0.4 is 11.4 Å². The number of piperidine rings is 1. The molecule has 2 N–H and O–H groups in total. The number of nitrogens with two attached hydrogens (primary N) is 1. The summed E-state index contributed by atoms with van der Waals surface area (Å²) in [6.45, 7) is 5.11. The van der Waals surface area contributed by atoms with Crippen molar-refractivity contribution in [2.45, 2.75) is 58.0 Å². The monoisotopic (exact) mass is 412 g/mol. The standard InChI is InChI=1S/C21H28N2O2.2ClH/c1-2-15-5-6-18-17(12-15)16(13-20(24)25-18)14-23-10-8-21(9-11-23)7-3-4-19(21)22;;/h5-6,12-13,19H,2-4,7-11,14,22H2,1H3;2*1H. The van der Waals surface area contributed by atoms with Crippen LogP contribution in [0.25, 0.3) is 11.0 Å². The van der Waals surface area contributed by atoms with Gasteiger partial charge in [-0.25, -0.2) is 4.79 Å². The van der Waals surface area contributed by atoms with Crippen molar-refractivity contribution in [3.05, 3.63) is 45.8 Å². The van der Waals surface area contributed by atoms with E-state index in [4.69, 9.17) is 10.2 Å². The average molecular weight is 413 g/mol. The number of benzene rings is 1. The quantitative estimate of drug-likeness (QED) is 0.763.